The Bertz CT molecular complexity index is 369. The van der Waals surface area contributed by atoms with Gasteiger partial charge in [0.25, 0.3) is 0 Å². The van der Waals surface area contributed by atoms with E-state index in [9.17, 15) is 0 Å². The Balaban J connectivity index is 1.58. The molecule has 1 aromatic heterocycles. The van der Waals surface area contributed by atoms with Gasteiger partial charge in [0.1, 0.15) is 3.70 Å². The molecule has 1 aliphatic carbocycles. The second kappa shape index (κ2) is 5.06. The Kier molecular flexibility index (Phi) is 3.46. The summed E-state index contributed by atoms with van der Waals surface area (Å²) in [6.45, 7) is 4.54. The topological polar surface area (TPSA) is 32.3 Å². The molecule has 1 saturated carbocycles. The van der Waals surface area contributed by atoms with E-state index in [1.165, 1.54) is 32.4 Å². The van der Waals surface area contributed by atoms with Gasteiger partial charge in [-0.1, -0.05) is 6.42 Å². The van der Waals surface area contributed by atoms with Crippen molar-refractivity contribution in [1.82, 2.24) is 15.1 Å². The third-order valence-corrected chi connectivity index (χ3v) is 4.42. The van der Waals surface area contributed by atoms with E-state index in [4.69, 9.17) is 0 Å². The first-order valence-electron chi connectivity index (χ1n) is 6.31. The summed E-state index contributed by atoms with van der Waals surface area (Å²) in [5.74, 6) is 1.03. The number of aromatic nitrogens is 2. The molecule has 0 bridgehead atoms. The van der Waals surface area contributed by atoms with Crippen LogP contribution < -0.4 is 4.90 Å². The molecule has 2 fully saturated rings. The first-order valence-corrected chi connectivity index (χ1v) is 7.39. The SMILES string of the molecule is Ic1ccc(N2CCN(C3CCC3)CC2)nn1. The summed E-state index contributed by atoms with van der Waals surface area (Å²) in [5.41, 5.74) is 0. The van der Waals surface area contributed by atoms with Crippen LogP contribution in [0.1, 0.15) is 19.3 Å². The van der Waals surface area contributed by atoms with Crippen LogP contribution in [0.5, 0.6) is 0 Å². The van der Waals surface area contributed by atoms with Gasteiger partial charge in [0.05, 0.1) is 0 Å². The van der Waals surface area contributed by atoms with Gasteiger partial charge in [-0.2, -0.15) is 0 Å². The Hall–Kier alpha value is -0.430. The van der Waals surface area contributed by atoms with E-state index in [2.05, 4.69) is 48.7 Å². The molecule has 0 N–H and O–H groups in total. The van der Waals surface area contributed by atoms with E-state index in [1.807, 2.05) is 6.07 Å². The molecule has 0 spiro atoms. The van der Waals surface area contributed by atoms with Gasteiger partial charge in [-0.25, -0.2) is 0 Å². The van der Waals surface area contributed by atoms with Crippen LogP contribution >= 0.6 is 22.6 Å². The molecule has 0 radical (unpaired) electrons. The second-order valence-corrected chi connectivity index (χ2v) is 5.93. The first kappa shape index (κ1) is 11.6. The standard InChI is InChI=1S/C12H17IN4/c13-11-4-5-12(15-14-11)17-8-6-16(7-9-17)10-2-1-3-10/h4-5,10H,1-3,6-9H2. The van der Waals surface area contributed by atoms with E-state index < -0.39 is 0 Å². The average molecular weight is 344 g/mol. The Morgan fingerprint density at radius 2 is 1.82 bits per heavy atom. The molecule has 1 aliphatic heterocycles. The number of nitrogens with zero attached hydrogens (tertiary/aromatic N) is 4. The molecule has 2 heterocycles. The highest BCUT2D eigenvalue weighted by Crippen LogP contribution is 2.26. The Labute approximate surface area is 116 Å². The lowest BCUT2D eigenvalue weighted by Crippen LogP contribution is -2.52. The van der Waals surface area contributed by atoms with E-state index >= 15 is 0 Å². The zero-order valence-electron chi connectivity index (χ0n) is 9.85. The van der Waals surface area contributed by atoms with Crippen LogP contribution in [0, 0.1) is 3.70 Å². The van der Waals surface area contributed by atoms with Crippen molar-refractivity contribution in [2.24, 2.45) is 0 Å². The Morgan fingerprint density at radius 1 is 1.06 bits per heavy atom. The monoisotopic (exact) mass is 344 g/mol. The summed E-state index contributed by atoms with van der Waals surface area (Å²) >= 11 is 2.19. The van der Waals surface area contributed by atoms with E-state index in [0.717, 1.165) is 28.6 Å². The molecular weight excluding hydrogens is 327 g/mol. The van der Waals surface area contributed by atoms with Gasteiger partial charge in [-0.05, 0) is 47.6 Å². The van der Waals surface area contributed by atoms with Crippen molar-refractivity contribution in [1.29, 1.82) is 0 Å². The third kappa shape index (κ3) is 2.54. The van der Waals surface area contributed by atoms with Gasteiger partial charge in [0, 0.05) is 32.2 Å². The van der Waals surface area contributed by atoms with Crippen molar-refractivity contribution in [2.75, 3.05) is 31.1 Å². The van der Waals surface area contributed by atoms with Crippen LogP contribution in [0.3, 0.4) is 0 Å². The summed E-state index contributed by atoms with van der Waals surface area (Å²) in [6.07, 6.45) is 4.24. The molecule has 0 amide bonds. The maximum absolute atomic E-state index is 4.26. The summed E-state index contributed by atoms with van der Waals surface area (Å²) in [5, 5.41) is 8.37. The number of anilines is 1. The van der Waals surface area contributed by atoms with Gasteiger partial charge >= 0.3 is 0 Å². The predicted octanol–water partition coefficient (Wildman–Crippen LogP) is 1.76. The summed E-state index contributed by atoms with van der Waals surface area (Å²) in [7, 11) is 0. The molecule has 5 heteroatoms. The van der Waals surface area contributed by atoms with Crippen molar-refractivity contribution >= 4 is 28.4 Å². The quantitative estimate of drug-likeness (QED) is 0.766. The molecule has 1 aromatic rings. The van der Waals surface area contributed by atoms with E-state index in [-0.39, 0.29) is 0 Å². The molecular formula is C12H17IN4. The lowest BCUT2D eigenvalue weighted by Gasteiger charge is -2.43. The predicted molar refractivity (Wildman–Crippen MR) is 76.2 cm³/mol. The molecule has 0 atom stereocenters. The van der Waals surface area contributed by atoms with Crippen molar-refractivity contribution < 1.29 is 0 Å². The summed E-state index contributed by atoms with van der Waals surface area (Å²) < 4.78 is 0.958. The zero-order chi connectivity index (χ0) is 11.7. The molecule has 2 aliphatic rings. The molecule has 0 unspecified atom stereocenters. The highest BCUT2D eigenvalue weighted by molar-refractivity contribution is 14.1. The van der Waals surface area contributed by atoms with Crippen molar-refractivity contribution in [3.05, 3.63) is 15.8 Å². The van der Waals surface area contributed by atoms with E-state index in [1.54, 1.807) is 0 Å². The molecule has 3 rings (SSSR count). The normalized spacial score (nSPS) is 22.5. The van der Waals surface area contributed by atoms with Gasteiger partial charge in [-0.3, -0.25) is 4.90 Å². The smallest absolute Gasteiger partial charge is 0.151 e. The number of hydrogen-bond donors (Lipinski definition) is 0. The number of halogens is 1. The van der Waals surface area contributed by atoms with Crippen LogP contribution in [-0.2, 0) is 0 Å². The second-order valence-electron chi connectivity index (χ2n) is 4.82. The van der Waals surface area contributed by atoms with Crippen LogP contribution in [0.15, 0.2) is 12.1 Å². The number of hydrogen-bond acceptors (Lipinski definition) is 4. The highest BCUT2D eigenvalue weighted by atomic mass is 127. The van der Waals surface area contributed by atoms with Gasteiger partial charge in [-0.15, -0.1) is 10.2 Å². The Morgan fingerprint density at radius 3 is 2.35 bits per heavy atom. The van der Waals surface area contributed by atoms with Crippen LogP contribution in [-0.4, -0.2) is 47.3 Å². The van der Waals surface area contributed by atoms with Crippen molar-refractivity contribution in [3.8, 4) is 0 Å². The minimum absolute atomic E-state index is 0.875. The minimum atomic E-state index is 0.875. The summed E-state index contributed by atoms with van der Waals surface area (Å²) in [6, 6.07) is 4.98. The first-order chi connectivity index (χ1) is 8.33. The van der Waals surface area contributed by atoms with Crippen LogP contribution in [0.2, 0.25) is 0 Å². The van der Waals surface area contributed by atoms with Gasteiger partial charge < -0.3 is 4.90 Å². The van der Waals surface area contributed by atoms with E-state index in [0.29, 0.717) is 0 Å². The lowest BCUT2D eigenvalue weighted by atomic mass is 9.91. The highest BCUT2D eigenvalue weighted by Gasteiger charge is 2.28. The zero-order valence-corrected chi connectivity index (χ0v) is 12.0. The molecule has 0 aromatic carbocycles. The fraction of sp³-hybridized carbons (Fsp3) is 0.667. The van der Waals surface area contributed by atoms with Crippen molar-refractivity contribution in [3.63, 3.8) is 0 Å². The molecule has 1 saturated heterocycles. The largest absolute Gasteiger partial charge is 0.353 e. The molecule has 92 valence electrons. The van der Waals surface area contributed by atoms with Crippen molar-refractivity contribution in [2.45, 2.75) is 25.3 Å². The van der Waals surface area contributed by atoms with Gasteiger partial charge in [0.15, 0.2) is 5.82 Å². The lowest BCUT2D eigenvalue weighted by molar-refractivity contribution is 0.120. The molecule has 17 heavy (non-hydrogen) atoms. The fourth-order valence-electron chi connectivity index (χ4n) is 2.55. The minimum Gasteiger partial charge on any atom is -0.353 e. The maximum Gasteiger partial charge on any atom is 0.151 e. The fourth-order valence-corrected chi connectivity index (χ4v) is 2.83. The number of piperazine rings is 1. The van der Waals surface area contributed by atoms with Gasteiger partial charge in [0.2, 0.25) is 0 Å². The average Bonchev–Trinajstić information content (AvgIpc) is 2.29. The van der Waals surface area contributed by atoms with Crippen LogP contribution in [0.4, 0.5) is 5.82 Å². The van der Waals surface area contributed by atoms with Crippen LogP contribution in [0.25, 0.3) is 0 Å². The third-order valence-electron chi connectivity index (χ3n) is 3.85. The molecule has 4 nitrogen and oxygen atoms in total. The summed E-state index contributed by atoms with van der Waals surface area (Å²) in [4.78, 5) is 4.98. The maximum atomic E-state index is 4.26. The number of rotatable bonds is 2.